The summed E-state index contributed by atoms with van der Waals surface area (Å²) in [7, 11) is 0. The van der Waals surface area contributed by atoms with Crippen molar-refractivity contribution in [2.24, 2.45) is 0 Å². The van der Waals surface area contributed by atoms with E-state index in [1.54, 1.807) is 4.90 Å². The molecular formula is C16H19F3N2O2. The summed E-state index contributed by atoms with van der Waals surface area (Å²) in [5.41, 5.74) is 0.0496. The Morgan fingerprint density at radius 3 is 2.48 bits per heavy atom. The molecule has 0 atom stereocenters. The lowest BCUT2D eigenvalue weighted by atomic mass is 10.1. The van der Waals surface area contributed by atoms with E-state index in [0.29, 0.717) is 32.5 Å². The lowest BCUT2D eigenvalue weighted by Gasteiger charge is -2.14. The van der Waals surface area contributed by atoms with Crippen molar-refractivity contribution in [2.75, 3.05) is 19.6 Å². The number of likely N-dealkylation sites (tertiary alicyclic amines) is 1. The molecule has 1 aromatic rings. The van der Waals surface area contributed by atoms with Crippen LogP contribution in [0, 0.1) is 0 Å². The number of carbonyl (C=O) groups is 2. The van der Waals surface area contributed by atoms with Gasteiger partial charge in [0.05, 0.1) is 5.56 Å². The van der Waals surface area contributed by atoms with Gasteiger partial charge in [-0.05, 0) is 30.5 Å². The van der Waals surface area contributed by atoms with Crippen LogP contribution in [-0.2, 0) is 22.2 Å². The summed E-state index contributed by atoms with van der Waals surface area (Å²) in [5, 5.41) is 2.72. The molecule has 1 N–H and O–H groups in total. The molecule has 0 saturated carbocycles. The Morgan fingerprint density at radius 2 is 1.91 bits per heavy atom. The summed E-state index contributed by atoms with van der Waals surface area (Å²) in [5.74, 6) is -0.0702. The van der Waals surface area contributed by atoms with E-state index in [0.717, 1.165) is 24.1 Å². The van der Waals surface area contributed by atoms with E-state index < -0.39 is 11.7 Å². The largest absolute Gasteiger partial charge is 0.416 e. The number of benzene rings is 1. The first-order chi connectivity index (χ1) is 10.9. The number of hydrogen-bond donors (Lipinski definition) is 1. The topological polar surface area (TPSA) is 49.4 Å². The van der Waals surface area contributed by atoms with Gasteiger partial charge in [-0.1, -0.05) is 12.1 Å². The summed E-state index contributed by atoms with van der Waals surface area (Å²) < 4.78 is 37.3. The van der Waals surface area contributed by atoms with Crippen molar-refractivity contribution in [1.29, 1.82) is 0 Å². The van der Waals surface area contributed by atoms with E-state index in [1.807, 2.05) is 0 Å². The van der Waals surface area contributed by atoms with Crippen LogP contribution in [0.5, 0.6) is 0 Å². The fraction of sp³-hybridized carbons (Fsp3) is 0.500. The van der Waals surface area contributed by atoms with Crippen LogP contribution < -0.4 is 5.32 Å². The Morgan fingerprint density at radius 1 is 1.22 bits per heavy atom. The normalized spacial score (nSPS) is 15.1. The standard InChI is InChI=1S/C16H19F3N2O2/c17-16(18,19)13-5-3-12(4-6-13)7-9-20-14(22)8-11-21-10-1-2-15(21)23/h3-6H,1-2,7-11H2,(H,20,22). The van der Waals surface area contributed by atoms with Gasteiger partial charge in [-0.15, -0.1) is 0 Å². The molecule has 126 valence electrons. The van der Waals surface area contributed by atoms with Crippen molar-refractivity contribution >= 4 is 11.8 Å². The molecule has 4 nitrogen and oxygen atoms in total. The van der Waals surface area contributed by atoms with Gasteiger partial charge in [-0.3, -0.25) is 9.59 Å². The smallest absolute Gasteiger partial charge is 0.356 e. The molecule has 1 fully saturated rings. The average molecular weight is 328 g/mol. The third-order valence-electron chi connectivity index (χ3n) is 3.80. The van der Waals surface area contributed by atoms with Crippen LogP contribution in [-0.4, -0.2) is 36.3 Å². The first-order valence-electron chi connectivity index (χ1n) is 7.57. The quantitative estimate of drug-likeness (QED) is 0.872. The summed E-state index contributed by atoms with van der Waals surface area (Å²) in [6, 6.07) is 4.90. The van der Waals surface area contributed by atoms with Gasteiger partial charge in [0, 0.05) is 32.5 Å². The number of carbonyl (C=O) groups excluding carboxylic acids is 2. The molecule has 1 aromatic carbocycles. The summed E-state index contributed by atoms with van der Waals surface area (Å²) in [6.07, 6.45) is -2.23. The van der Waals surface area contributed by atoms with Crippen LogP contribution in [0.25, 0.3) is 0 Å². The van der Waals surface area contributed by atoms with Crippen molar-refractivity contribution in [1.82, 2.24) is 10.2 Å². The SMILES string of the molecule is O=C(CCN1CCCC1=O)NCCc1ccc(C(F)(F)F)cc1. The average Bonchev–Trinajstić information content (AvgIpc) is 2.90. The van der Waals surface area contributed by atoms with E-state index in [9.17, 15) is 22.8 Å². The Labute approximate surface area is 132 Å². The molecule has 23 heavy (non-hydrogen) atoms. The van der Waals surface area contributed by atoms with Gasteiger partial charge >= 0.3 is 6.18 Å². The molecule has 1 saturated heterocycles. The minimum absolute atomic E-state index is 0.0857. The molecule has 7 heteroatoms. The molecule has 0 spiro atoms. The molecule has 0 aliphatic carbocycles. The fourth-order valence-corrected chi connectivity index (χ4v) is 2.47. The minimum atomic E-state index is -4.33. The van der Waals surface area contributed by atoms with Crippen molar-refractivity contribution in [2.45, 2.75) is 31.9 Å². The molecule has 0 radical (unpaired) electrons. The third kappa shape index (κ3) is 5.26. The van der Waals surface area contributed by atoms with E-state index in [1.165, 1.54) is 12.1 Å². The number of hydrogen-bond acceptors (Lipinski definition) is 2. The van der Waals surface area contributed by atoms with Crippen molar-refractivity contribution < 1.29 is 22.8 Å². The van der Waals surface area contributed by atoms with Crippen molar-refractivity contribution in [3.8, 4) is 0 Å². The van der Waals surface area contributed by atoms with Gasteiger partial charge in [0.15, 0.2) is 0 Å². The van der Waals surface area contributed by atoms with Crippen molar-refractivity contribution in [3.63, 3.8) is 0 Å². The molecule has 1 aliphatic heterocycles. The lowest BCUT2D eigenvalue weighted by Crippen LogP contribution is -2.32. The maximum absolute atomic E-state index is 12.4. The number of amides is 2. The molecule has 0 bridgehead atoms. The van der Waals surface area contributed by atoms with E-state index in [-0.39, 0.29) is 18.2 Å². The first-order valence-corrected chi connectivity index (χ1v) is 7.57. The third-order valence-corrected chi connectivity index (χ3v) is 3.80. The van der Waals surface area contributed by atoms with E-state index in [4.69, 9.17) is 0 Å². The second kappa shape index (κ2) is 7.48. The molecule has 2 rings (SSSR count). The molecule has 2 amide bonds. The zero-order valence-corrected chi connectivity index (χ0v) is 12.7. The highest BCUT2D eigenvalue weighted by molar-refractivity contribution is 5.80. The summed E-state index contributed by atoms with van der Waals surface area (Å²) in [6.45, 7) is 1.49. The van der Waals surface area contributed by atoms with Gasteiger partial charge in [0.1, 0.15) is 0 Å². The van der Waals surface area contributed by atoms with Crippen LogP contribution >= 0.6 is 0 Å². The van der Waals surface area contributed by atoms with E-state index >= 15 is 0 Å². The maximum atomic E-state index is 12.4. The number of nitrogens with zero attached hydrogens (tertiary/aromatic N) is 1. The molecule has 0 aromatic heterocycles. The number of rotatable bonds is 6. The Bertz CT molecular complexity index is 555. The second-order valence-corrected chi connectivity index (χ2v) is 5.53. The fourth-order valence-electron chi connectivity index (χ4n) is 2.47. The van der Waals surface area contributed by atoms with Crippen molar-refractivity contribution in [3.05, 3.63) is 35.4 Å². The number of alkyl halides is 3. The van der Waals surface area contributed by atoms with Crippen LogP contribution in [0.1, 0.15) is 30.4 Å². The molecular weight excluding hydrogens is 309 g/mol. The highest BCUT2D eigenvalue weighted by atomic mass is 19.4. The van der Waals surface area contributed by atoms with E-state index in [2.05, 4.69) is 5.32 Å². The highest BCUT2D eigenvalue weighted by Gasteiger charge is 2.29. The molecule has 0 unspecified atom stereocenters. The summed E-state index contributed by atoms with van der Waals surface area (Å²) in [4.78, 5) is 24.8. The first kappa shape index (κ1) is 17.3. The van der Waals surface area contributed by atoms with Gasteiger partial charge < -0.3 is 10.2 Å². The number of halogens is 3. The van der Waals surface area contributed by atoms with Gasteiger partial charge in [-0.25, -0.2) is 0 Å². The van der Waals surface area contributed by atoms with Crippen LogP contribution in [0.15, 0.2) is 24.3 Å². The predicted molar refractivity (Wildman–Crippen MR) is 78.6 cm³/mol. The lowest BCUT2D eigenvalue weighted by molar-refractivity contribution is -0.137. The Kier molecular flexibility index (Phi) is 5.63. The predicted octanol–water partition coefficient (Wildman–Crippen LogP) is 2.38. The zero-order chi connectivity index (χ0) is 16.9. The van der Waals surface area contributed by atoms with Crippen LogP contribution in [0.3, 0.4) is 0 Å². The number of nitrogens with one attached hydrogen (secondary N) is 1. The maximum Gasteiger partial charge on any atom is 0.416 e. The van der Waals surface area contributed by atoms with Crippen LogP contribution in [0.4, 0.5) is 13.2 Å². The molecule has 1 heterocycles. The van der Waals surface area contributed by atoms with Gasteiger partial charge in [-0.2, -0.15) is 13.2 Å². The second-order valence-electron chi connectivity index (χ2n) is 5.53. The van der Waals surface area contributed by atoms with Gasteiger partial charge in [0.2, 0.25) is 11.8 Å². The van der Waals surface area contributed by atoms with Crippen LogP contribution in [0.2, 0.25) is 0 Å². The van der Waals surface area contributed by atoms with Gasteiger partial charge in [0.25, 0.3) is 0 Å². The monoisotopic (exact) mass is 328 g/mol. The Balaban J connectivity index is 1.68. The molecule has 1 aliphatic rings. The Hall–Kier alpha value is -2.05. The summed E-state index contributed by atoms with van der Waals surface area (Å²) >= 11 is 0. The minimum Gasteiger partial charge on any atom is -0.356 e. The zero-order valence-electron chi connectivity index (χ0n) is 12.7. The highest BCUT2D eigenvalue weighted by Crippen LogP contribution is 2.29.